The topological polar surface area (TPSA) is 91.0 Å². The molecule has 0 unspecified atom stereocenters. The first-order valence-electron chi connectivity index (χ1n) is 9.15. The van der Waals surface area contributed by atoms with E-state index in [9.17, 15) is 9.59 Å². The Balaban J connectivity index is 1.65. The average molecular weight is 363 g/mol. The number of carbonyl (C=O) groups is 2. The van der Waals surface area contributed by atoms with Crippen LogP contribution in [0.2, 0.25) is 0 Å². The summed E-state index contributed by atoms with van der Waals surface area (Å²) in [5.41, 5.74) is 2.51. The molecule has 3 amide bonds. The average Bonchev–Trinajstić information content (AvgIpc) is 3.30. The molecule has 7 heteroatoms. The van der Waals surface area contributed by atoms with Crippen LogP contribution >= 0.6 is 0 Å². The lowest BCUT2D eigenvalue weighted by atomic mass is 9.83. The standard InChI is InChI=1S/C20H21N5O2/c1-24-11-16(17(23-24)15-6-4-14(10-21)5-7-15)12-25-18(26)20(8-2-3-9-20)13-22-19(25)27/h4-7,11H,2-3,8-9,12-13H2,1H3,(H,22,27). The highest BCUT2D eigenvalue weighted by Gasteiger charge is 2.48. The fourth-order valence-corrected chi connectivity index (χ4v) is 4.15. The highest BCUT2D eigenvalue weighted by Crippen LogP contribution is 2.41. The van der Waals surface area contributed by atoms with E-state index in [4.69, 9.17) is 5.26 Å². The lowest BCUT2D eigenvalue weighted by molar-refractivity contribution is -0.141. The predicted octanol–water partition coefficient (Wildman–Crippen LogP) is 2.57. The first kappa shape index (κ1) is 17.3. The van der Waals surface area contributed by atoms with Crippen molar-refractivity contribution in [2.75, 3.05) is 6.54 Å². The van der Waals surface area contributed by atoms with Gasteiger partial charge in [-0.05, 0) is 25.0 Å². The van der Waals surface area contributed by atoms with Crippen molar-refractivity contribution in [1.29, 1.82) is 5.26 Å². The molecule has 1 aromatic heterocycles. The number of urea groups is 1. The summed E-state index contributed by atoms with van der Waals surface area (Å²) < 4.78 is 1.68. The number of rotatable bonds is 3. The molecule has 7 nitrogen and oxygen atoms in total. The second-order valence-corrected chi connectivity index (χ2v) is 7.40. The van der Waals surface area contributed by atoms with Gasteiger partial charge in [-0.3, -0.25) is 14.4 Å². The molecule has 1 saturated carbocycles. The predicted molar refractivity (Wildman–Crippen MR) is 98.2 cm³/mol. The van der Waals surface area contributed by atoms with Gasteiger partial charge in [0.2, 0.25) is 5.91 Å². The van der Waals surface area contributed by atoms with E-state index in [1.807, 2.05) is 25.4 Å². The summed E-state index contributed by atoms with van der Waals surface area (Å²) in [6.07, 6.45) is 5.55. The summed E-state index contributed by atoms with van der Waals surface area (Å²) in [7, 11) is 1.81. The molecule has 0 atom stereocenters. The molecule has 4 rings (SSSR count). The van der Waals surface area contributed by atoms with Gasteiger partial charge in [-0.1, -0.05) is 25.0 Å². The van der Waals surface area contributed by atoms with Crippen LogP contribution in [0, 0.1) is 16.7 Å². The number of aromatic nitrogens is 2. The molecule has 2 aliphatic rings. The van der Waals surface area contributed by atoms with E-state index in [0.29, 0.717) is 17.8 Å². The summed E-state index contributed by atoms with van der Waals surface area (Å²) in [6, 6.07) is 8.90. The number of nitrogens with zero attached hydrogens (tertiary/aromatic N) is 4. The lowest BCUT2D eigenvalue weighted by Gasteiger charge is -2.38. The Hall–Kier alpha value is -3.14. The van der Waals surface area contributed by atoms with E-state index >= 15 is 0 Å². The Kier molecular flexibility index (Phi) is 4.19. The van der Waals surface area contributed by atoms with Crippen molar-refractivity contribution in [3.05, 3.63) is 41.6 Å². The van der Waals surface area contributed by atoms with Gasteiger partial charge in [0.1, 0.15) is 0 Å². The Morgan fingerprint density at radius 2 is 1.93 bits per heavy atom. The Labute approximate surface area is 157 Å². The van der Waals surface area contributed by atoms with Gasteiger partial charge >= 0.3 is 6.03 Å². The second kappa shape index (κ2) is 6.54. The maximum Gasteiger partial charge on any atom is 0.324 e. The Morgan fingerprint density at radius 1 is 1.22 bits per heavy atom. The number of nitrogens with one attached hydrogen (secondary N) is 1. The molecule has 2 aromatic rings. The van der Waals surface area contributed by atoms with Gasteiger partial charge in [0.05, 0.1) is 29.3 Å². The van der Waals surface area contributed by atoms with Crippen molar-refractivity contribution in [3.8, 4) is 17.3 Å². The number of hydrogen-bond acceptors (Lipinski definition) is 4. The van der Waals surface area contributed by atoms with Crippen LogP contribution in [0.25, 0.3) is 11.3 Å². The number of benzene rings is 1. The largest absolute Gasteiger partial charge is 0.337 e. The zero-order chi connectivity index (χ0) is 19.0. The van der Waals surface area contributed by atoms with E-state index < -0.39 is 5.41 Å². The van der Waals surface area contributed by atoms with Crippen LogP contribution in [0.15, 0.2) is 30.5 Å². The number of imide groups is 1. The van der Waals surface area contributed by atoms with Crippen LogP contribution < -0.4 is 5.32 Å². The fraction of sp³-hybridized carbons (Fsp3) is 0.400. The molecule has 138 valence electrons. The van der Waals surface area contributed by atoms with Gasteiger partial charge in [0.15, 0.2) is 0 Å². The molecule has 1 aliphatic carbocycles. The van der Waals surface area contributed by atoms with Gasteiger partial charge < -0.3 is 5.32 Å². The molecule has 0 bridgehead atoms. The second-order valence-electron chi connectivity index (χ2n) is 7.40. The maximum atomic E-state index is 13.1. The minimum Gasteiger partial charge on any atom is -0.337 e. The highest BCUT2D eigenvalue weighted by molar-refractivity contribution is 6.00. The van der Waals surface area contributed by atoms with E-state index in [1.165, 1.54) is 4.90 Å². The van der Waals surface area contributed by atoms with Gasteiger partial charge in [-0.15, -0.1) is 0 Å². The summed E-state index contributed by atoms with van der Waals surface area (Å²) in [5, 5.41) is 16.4. The molecule has 2 heterocycles. The number of amides is 3. The molecule has 1 N–H and O–H groups in total. The third-order valence-corrected chi connectivity index (χ3v) is 5.60. The molecule has 1 spiro atoms. The number of aryl methyl sites for hydroxylation is 1. The first-order valence-corrected chi connectivity index (χ1v) is 9.15. The monoisotopic (exact) mass is 363 g/mol. The van der Waals surface area contributed by atoms with Crippen molar-refractivity contribution in [2.45, 2.75) is 32.2 Å². The molecular formula is C20H21N5O2. The molecule has 2 fully saturated rings. The summed E-state index contributed by atoms with van der Waals surface area (Å²) in [5.74, 6) is -0.0709. The maximum absolute atomic E-state index is 13.1. The summed E-state index contributed by atoms with van der Waals surface area (Å²) in [6.45, 7) is 0.631. The van der Waals surface area contributed by atoms with Gasteiger partial charge in [0.25, 0.3) is 0 Å². The fourth-order valence-electron chi connectivity index (χ4n) is 4.15. The normalized spacial score (nSPS) is 18.6. The van der Waals surface area contributed by atoms with Gasteiger partial charge in [0, 0.05) is 30.9 Å². The number of hydrogen-bond donors (Lipinski definition) is 1. The van der Waals surface area contributed by atoms with Crippen LogP contribution in [-0.4, -0.2) is 33.2 Å². The van der Waals surface area contributed by atoms with E-state index in [1.54, 1.807) is 16.8 Å². The van der Waals surface area contributed by atoms with Crippen molar-refractivity contribution in [1.82, 2.24) is 20.0 Å². The quantitative estimate of drug-likeness (QED) is 0.907. The van der Waals surface area contributed by atoms with Crippen molar-refractivity contribution < 1.29 is 9.59 Å². The van der Waals surface area contributed by atoms with E-state index in [2.05, 4.69) is 16.5 Å². The third-order valence-electron chi connectivity index (χ3n) is 5.60. The minimum atomic E-state index is -0.440. The molecule has 1 aromatic carbocycles. The Bertz CT molecular complexity index is 932. The van der Waals surface area contributed by atoms with Gasteiger partial charge in [-0.25, -0.2) is 4.79 Å². The molecule has 27 heavy (non-hydrogen) atoms. The van der Waals surface area contributed by atoms with Crippen LogP contribution in [0.3, 0.4) is 0 Å². The SMILES string of the molecule is Cn1cc(CN2C(=O)NCC3(CCCC3)C2=O)c(-c2ccc(C#N)cc2)n1. The van der Waals surface area contributed by atoms with Crippen molar-refractivity contribution in [2.24, 2.45) is 12.5 Å². The first-order chi connectivity index (χ1) is 13.0. The van der Waals surface area contributed by atoms with Crippen LogP contribution in [0.4, 0.5) is 4.79 Å². The smallest absolute Gasteiger partial charge is 0.324 e. The Morgan fingerprint density at radius 3 is 2.59 bits per heavy atom. The zero-order valence-electron chi connectivity index (χ0n) is 15.2. The van der Waals surface area contributed by atoms with Crippen LogP contribution in [0.1, 0.15) is 36.8 Å². The van der Waals surface area contributed by atoms with Crippen LogP contribution in [-0.2, 0) is 18.4 Å². The van der Waals surface area contributed by atoms with Crippen LogP contribution in [0.5, 0.6) is 0 Å². The third kappa shape index (κ3) is 2.97. The lowest BCUT2D eigenvalue weighted by Crippen LogP contribution is -2.59. The zero-order valence-corrected chi connectivity index (χ0v) is 15.2. The number of carbonyl (C=O) groups excluding carboxylic acids is 2. The summed E-state index contributed by atoms with van der Waals surface area (Å²) in [4.78, 5) is 26.9. The molecule has 1 aliphatic heterocycles. The molecule has 0 radical (unpaired) electrons. The van der Waals surface area contributed by atoms with E-state index in [-0.39, 0.29) is 18.5 Å². The highest BCUT2D eigenvalue weighted by atomic mass is 16.2. The number of nitriles is 1. The van der Waals surface area contributed by atoms with E-state index in [0.717, 1.165) is 36.8 Å². The molecule has 1 saturated heterocycles. The minimum absolute atomic E-state index is 0.0709. The van der Waals surface area contributed by atoms with Crippen molar-refractivity contribution >= 4 is 11.9 Å². The van der Waals surface area contributed by atoms with Crippen molar-refractivity contribution in [3.63, 3.8) is 0 Å². The summed E-state index contributed by atoms with van der Waals surface area (Å²) >= 11 is 0. The molecular weight excluding hydrogens is 342 g/mol. The van der Waals surface area contributed by atoms with Gasteiger partial charge in [-0.2, -0.15) is 10.4 Å².